The van der Waals surface area contributed by atoms with Gasteiger partial charge >= 0.3 is 0 Å². The number of carbonyl (C=O) groups is 1. The van der Waals surface area contributed by atoms with Gasteiger partial charge in [0.25, 0.3) is 5.91 Å². The maximum Gasteiger partial charge on any atom is 0.272 e. The standard InChI is InChI=1S/C15H24N4O/c1-4-16-13-6-5-12(18-19-13)14(20)17-11-7-9-15(2,3)10-8-11/h5-6,11H,4,7-10H2,1-3H3,(H,16,19)(H,17,20). The minimum absolute atomic E-state index is 0.120. The smallest absolute Gasteiger partial charge is 0.272 e. The molecule has 0 spiro atoms. The lowest BCUT2D eigenvalue weighted by molar-refractivity contribution is 0.0903. The van der Waals surface area contributed by atoms with Crippen molar-refractivity contribution in [3.63, 3.8) is 0 Å². The Morgan fingerprint density at radius 2 is 2.00 bits per heavy atom. The molecule has 1 saturated carbocycles. The summed E-state index contributed by atoms with van der Waals surface area (Å²) in [7, 11) is 0. The normalized spacial score (nSPS) is 18.6. The van der Waals surface area contributed by atoms with E-state index in [0.717, 1.165) is 32.2 Å². The molecule has 1 fully saturated rings. The van der Waals surface area contributed by atoms with Gasteiger partial charge in [0, 0.05) is 12.6 Å². The largest absolute Gasteiger partial charge is 0.369 e. The second-order valence-electron chi connectivity index (χ2n) is 6.25. The van der Waals surface area contributed by atoms with Gasteiger partial charge in [-0.05, 0) is 50.2 Å². The van der Waals surface area contributed by atoms with E-state index in [9.17, 15) is 4.79 Å². The molecule has 110 valence electrons. The van der Waals surface area contributed by atoms with Crippen LogP contribution in [-0.2, 0) is 0 Å². The molecule has 1 aliphatic carbocycles. The van der Waals surface area contributed by atoms with Gasteiger partial charge in [0.05, 0.1) is 0 Å². The van der Waals surface area contributed by atoms with E-state index in [1.807, 2.05) is 6.92 Å². The van der Waals surface area contributed by atoms with Gasteiger partial charge in [-0.25, -0.2) is 0 Å². The van der Waals surface area contributed by atoms with Crippen molar-refractivity contribution in [3.8, 4) is 0 Å². The number of hydrogen-bond donors (Lipinski definition) is 2. The molecule has 1 aromatic rings. The molecule has 5 nitrogen and oxygen atoms in total. The fourth-order valence-corrected chi connectivity index (χ4v) is 2.53. The summed E-state index contributed by atoms with van der Waals surface area (Å²) < 4.78 is 0. The molecule has 1 aromatic heterocycles. The molecule has 2 rings (SSSR count). The molecule has 1 heterocycles. The Labute approximate surface area is 120 Å². The quantitative estimate of drug-likeness (QED) is 0.887. The van der Waals surface area contributed by atoms with Crippen LogP contribution in [0, 0.1) is 5.41 Å². The summed E-state index contributed by atoms with van der Waals surface area (Å²) in [6, 6.07) is 3.77. The van der Waals surface area contributed by atoms with Gasteiger partial charge in [-0.3, -0.25) is 4.79 Å². The topological polar surface area (TPSA) is 66.9 Å². The maximum atomic E-state index is 12.1. The van der Waals surface area contributed by atoms with Crippen LogP contribution < -0.4 is 10.6 Å². The third-order valence-electron chi connectivity index (χ3n) is 3.93. The number of carbonyl (C=O) groups excluding carboxylic acids is 1. The number of nitrogens with zero attached hydrogens (tertiary/aromatic N) is 2. The predicted molar refractivity (Wildman–Crippen MR) is 79.7 cm³/mol. The first-order valence-electron chi connectivity index (χ1n) is 7.38. The molecular formula is C15H24N4O. The van der Waals surface area contributed by atoms with Gasteiger partial charge in [0.2, 0.25) is 0 Å². The zero-order chi connectivity index (χ0) is 14.6. The summed E-state index contributed by atoms with van der Waals surface area (Å²) in [6.07, 6.45) is 4.40. The summed E-state index contributed by atoms with van der Waals surface area (Å²) in [4.78, 5) is 12.1. The molecular weight excluding hydrogens is 252 g/mol. The first kappa shape index (κ1) is 14.8. The zero-order valence-electron chi connectivity index (χ0n) is 12.6. The van der Waals surface area contributed by atoms with E-state index in [-0.39, 0.29) is 11.9 Å². The van der Waals surface area contributed by atoms with E-state index in [1.165, 1.54) is 0 Å². The molecule has 0 saturated heterocycles. The number of hydrogen-bond acceptors (Lipinski definition) is 4. The number of nitrogens with one attached hydrogen (secondary N) is 2. The van der Waals surface area contributed by atoms with Crippen LogP contribution >= 0.6 is 0 Å². The van der Waals surface area contributed by atoms with Crippen molar-refractivity contribution in [2.75, 3.05) is 11.9 Å². The van der Waals surface area contributed by atoms with Crippen LogP contribution in [0.2, 0.25) is 0 Å². The highest BCUT2D eigenvalue weighted by molar-refractivity contribution is 5.92. The van der Waals surface area contributed by atoms with Crippen molar-refractivity contribution in [3.05, 3.63) is 17.8 Å². The molecule has 0 aliphatic heterocycles. The Morgan fingerprint density at radius 1 is 1.30 bits per heavy atom. The third-order valence-corrected chi connectivity index (χ3v) is 3.93. The number of rotatable bonds is 4. The molecule has 0 atom stereocenters. The second-order valence-corrected chi connectivity index (χ2v) is 6.25. The van der Waals surface area contributed by atoms with Crippen LogP contribution in [-0.4, -0.2) is 28.7 Å². The minimum atomic E-state index is -0.120. The van der Waals surface area contributed by atoms with Crippen molar-refractivity contribution in [2.45, 2.75) is 52.5 Å². The highest BCUT2D eigenvalue weighted by atomic mass is 16.2. The van der Waals surface area contributed by atoms with Crippen LogP contribution in [0.25, 0.3) is 0 Å². The molecule has 20 heavy (non-hydrogen) atoms. The average Bonchev–Trinajstić information content (AvgIpc) is 2.42. The van der Waals surface area contributed by atoms with E-state index in [0.29, 0.717) is 16.9 Å². The fraction of sp³-hybridized carbons (Fsp3) is 0.667. The van der Waals surface area contributed by atoms with Gasteiger partial charge in [0.15, 0.2) is 5.69 Å². The van der Waals surface area contributed by atoms with Crippen molar-refractivity contribution in [1.82, 2.24) is 15.5 Å². The van der Waals surface area contributed by atoms with Crippen LogP contribution in [0.3, 0.4) is 0 Å². The van der Waals surface area contributed by atoms with E-state index in [1.54, 1.807) is 12.1 Å². The summed E-state index contributed by atoms with van der Waals surface area (Å²) in [5.74, 6) is 0.578. The predicted octanol–water partition coefficient (Wildman–Crippen LogP) is 2.61. The molecule has 0 unspecified atom stereocenters. The first-order chi connectivity index (χ1) is 9.50. The molecule has 5 heteroatoms. The molecule has 2 N–H and O–H groups in total. The van der Waals surface area contributed by atoms with Crippen molar-refractivity contribution in [1.29, 1.82) is 0 Å². The summed E-state index contributed by atoms with van der Waals surface area (Å²) in [6.45, 7) is 7.36. The molecule has 0 aromatic carbocycles. The van der Waals surface area contributed by atoms with Crippen LogP contribution in [0.15, 0.2) is 12.1 Å². The van der Waals surface area contributed by atoms with Crippen LogP contribution in [0.1, 0.15) is 56.9 Å². The van der Waals surface area contributed by atoms with E-state index < -0.39 is 0 Å². The Morgan fingerprint density at radius 3 is 2.55 bits per heavy atom. The highest BCUT2D eigenvalue weighted by Crippen LogP contribution is 2.34. The highest BCUT2D eigenvalue weighted by Gasteiger charge is 2.27. The molecule has 0 bridgehead atoms. The van der Waals surface area contributed by atoms with Crippen molar-refractivity contribution >= 4 is 11.7 Å². The van der Waals surface area contributed by atoms with Gasteiger partial charge < -0.3 is 10.6 Å². The molecule has 1 aliphatic rings. The van der Waals surface area contributed by atoms with Crippen LogP contribution in [0.5, 0.6) is 0 Å². The van der Waals surface area contributed by atoms with Gasteiger partial charge in [-0.15, -0.1) is 10.2 Å². The minimum Gasteiger partial charge on any atom is -0.369 e. The van der Waals surface area contributed by atoms with E-state index in [2.05, 4.69) is 34.7 Å². The van der Waals surface area contributed by atoms with Crippen LogP contribution in [0.4, 0.5) is 5.82 Å². The number of anilines is 1. The van der Waals surface area contributed by atoms with Gasteiger partial charge in [-0.1, -0.05) is 13.8 Å². The van der Waals surface area contributed by atoms with Gasteiger partial charge in [0.1, 0.15) is 5.82 Å². The molecule has 1 amide bonds. The summed E-state index contributed by atoms with van der Waals surface area (Å²) in [5.41, 5.74) is 0.797. The lowest BCUT2D eigenvalue weighted by Gasteiger charge is -2.34. The maximum absolute atomic E-state index is 12.1. The Kier molecular flexibility index (Phi) is 4.57. The average molecular weight is 276 g/mol. The van der Waals surface area contributed by atoms with Crippen molar-refractivity contribution in [2.24, 2.45) is 5.41 Å². The summed E-state index contributed by atoms with van der Waals surface area (Å²) in [5, 5.41) is 14.1. The Balaban J connectivity index is 1.88. The second kappa shape index (κ2) is 6.20. The fourth-order valence-electron chi connectivity index (χ4n) is 2.53. The van der Waals surface area contributed by atoms with E-state index >= 15 is 0 Å². The monoisotopic (exact) mass is 276 g/mol. The van der Waals surface area contributed by atoms with E-state index in [4.69, 9.17) is 0 Å². The zero-order valence-corrected chi connectivity index (χ0v) is 12.6. The lowest BCUT2D eigenvalue weighted by Crippen LogP contribution is -2.39. The summed E-state index contributed by atoms with van der Waals surface area (Å²) >= 11 is 0. The Bertz CT molecular complexity index is 445. The number of amides is 1. The Hall–Kier alpha value is -1.65. The third kappa shape index (κ3) is 3.92. The SMILES string of the molecule is CCNc1ccc(C(=O)NC2CCC(C)(C)CC2)nn1. The first-order valence-corrected chi connectivity index (χ1v) is 7.38. The number of aromatic nitrogens is 2. The van der Waals surface area contributed by atoms with Gasteiger partial charge in [-0.2, -0.15) is 0 Å². The molecule has 0 radical (unpaired) electrons. The lowest BCUT2D eigenvalue weighted by atomic mass is 9.75. The van der Waals surface area contributed by atoms with Crippen molar-refractivity contribution < 1.29 is 4.79 Å².